The molecule has 0 aliphatic carbocycles. The molecule has 0 spiro atoms. The van der Waals surface area contributed by atoms with Crippen LogP contribution in [-0.4, -0.2) is 15.9 Å². The number of aliphatic imine (C=N–C) groups is 1. The summed E-state index contributed by atoms with van der Waals surface area (Å²) in [7, 11) is 0. The van der Waals surface area contributed by atoms with E-state index in [1.807, 2.05) is 12.1 Å². The van der Waals surface area contributed by atoms with Crippen molar-refractivity contribution in [3.63, 3.8) is 0 Å². The first-order valence-corrected chi connectivity index (χ1v) is 7.55. The van der Waals surface area contributed by atoms with Crippen molar-refractivity contribution in [3.8, 4) is 11.1 Å². The predicted octanol–water partition coefficient (Wildman–Crippen LogP) is 3.37. The normalized spacial score (nSPS) is 13.3. The molecule has 1 aromatic carbocycles. The van der Waals surface area contributed by atoms with Crippen molar-refractivity contribution in [3.05, 3.63) is 42.1 Å². The fourth-order valence-electron chi connectivity index (χ4n) is 2.31. The third-order valence-electron chi connectivity index (χ3n) is 3.16. The van der Waals surface area contributed by atoms with E-state index >= 15 is 0 Å². The van der Waals surface area contributed by atoms with Crippen molar-refractivity contribution in [2.24, 2.45) is 10.7 Å². The number of aromatic nitrogens is 1. The molecular formula is C15H16N4S. The lowest BCUT2D eigenvalue weighted by molar-refractivity contribution is 1.09. The summed E-state index contributed by atoms with van der Waals surface area (Å²) in [6.45, 7) is 2.83. The maximum Gasteiger partial charge on any atom is 0.159 e. The second-order valence-electron chi connectivity index (χ2n) is 4.48. The molecule has 3 N–H and O–H groups in total. The lowest BCUT2D eigenvalue weighted by atomic mass is 9.96. The Balaban J connectivity index is 1.98. The molecule has 2 aromatic rings. The Kier molecular flexibility index (Phi) is 3.60. The Labute approximate surface area is 122 Å². The summed E-state index contributed by atoms with van der Waals surface area (Å²) in [6.07, 6.45) is 1.80. The summed E-state index contributed by atoms with van der Waals surface area (Å²) < 4.78 is 0. The number of amidine groups is 1. The predicted molar refractivity (Wildman–Crippen MR) is 86.4 cm³/mol. The van der Waals surface area contributed by atoms with Gasteiger partial charge in [0, 0.05) is 18.3 Å². The molecule has 5 heteroatoms. The van der Waals surface area contributed by atoms with E-state index in [1.165, 1.54) is 11.1 Å². The van der Waals surface area contributed by atoms with Crippen molar-refractivity contribution in [2.75, 3.05) is 11.1 Å². The zero-order valence-electron chi connectivity index (χ0n) is 11.3. The van der Waals surface area contributed by atoms with Gasteiger partial charge in [0.25, 0.3) is 0 Å². The molecular weight excluding hydrogens is 268 g/mol. The van der Waals surface area contributed by atoms with Crippen LogP contribution in [0.1, 0.15) is 12.5 Å². The number of nitrogens with zero attached hydrogens (tertiary/aromatic N) is 2. The van der Waals surface area contributed by atoms with Gasteiger partial charge < -0.3 is 11.1 Å². The Bertz CT molecular complexity index is 667. The van der Waals surface area contributed by atoms with Crippen molar-refractivity contribution < 1.29 is 0 Å². The summed E-state index contributed by atoms with van der Waals surface area (Å²) in [5.41, 5.74) is 10.3. The highest BCUT2D eigenvalue weighted by molar-refractivity contribution is 8.13. The number of thioether (sulfide) groups is 1. The third-order valence-corrected chi connectivity index (χ3v) is 3.84. The maximum absolute atomic E-state index is 5.86. The third kappa shape index (κ3) is 2.49. The van der Waals surface area contributed by atoms with Gasteiger partial charge in [-0.05, 0) is 41.1 Å². The van der Waals surface area contributed by atoms with E-state index in [1.54, 1.807) is 18.0 Å². The topological polar surface area (TPSA) is 63.3 Å². The van der Waals surface area contributed by atoms with Gasteiger partial charge in [-0.3, -0.25) is 0 Å². The average molecular weight is 284 g/mol. The molecule has 1 aromatic heterocycles. The van der Waals surface area contributed by atoms with Crippen LogP contribution in [0.3, 0.4) is 0 Å². The molecule has 1 aliphatic heterocycles. The number of nitrogens with two attached hydrogens (primary N) is 1. The van der Waals surface area contributed by atoms with E-state index < -0.39 is 0 Å². The highest BCUT2D eigenvalue weighted by Crippen LogP contribution is 2.35. The number of nitrogens with one attached hydrogen (secondary N) is 1. The molecule has 1 aliphatic rings. The Morgan fingerprint density at radius 2 is 2.30 bits per heavy atom. The van der Waals surface area contributed by atoms with E-state index in [9.17, 15) is 0 Å². The molecule has 0 unspecified atom stereocenters. The van der Waals surface area contributed by atoms with E-state index in [2.05, 4.69) is 40.4 Å². The standard InChI is InChI=1S/C15H16N4S/c1-2-20-15(16)19-11-5-6-12-10(8-11)9-18-14-13(12)4-3-7-17-14/h3-8H,2,9H2,1H3,(H2,16,19)(H,17,18). The van der Waals surface area contributed by atoms with Crippen molar-refractivity contribution in [1.82, 2.24) is 4.98 Å². The molecule has 4 nitrogen and oxygen atoms in total. The van der Waals surface area contributed by atoms with Gasteiger partial charge in [0.2, 0.25) is 0 Å². The molecule has 0 saturated carbocycles. The summed E-state index contributed by atoms with van der Waals surface area (Å²) in [4.78, 5) is 8.78. The lowest BCUT2D eigenvalue weighted by Crippen LogP contribution is -2.10. The van der Waals surface area contributed by atoms with Gasteiger partial charge >= 0.3 is 0 Å². The van der Waals surface area contributed by atoms with Crippen LogP contribution in [0.25, 0.3) is 11.1 Å². The molecule has 2 heterocycles. The van der Waals surface area contributed by atoms with Gasteiger partial charge in [-0.1, -0.05) is 24.8 Å². The molecule has 0 saturated heterocycles. The Morgan fingerprint density at radius 3 is 3.15 bits per heavy atom. The summed E-state index contributed by atoms with van der Waals surface area (Å²) in [5.74, 6) is 1.87. The van der Waals surface area contributed by atoms with Gasteiger partial charge in [0.15, 0.2) is 5.17 Å². The summed E-state index contributed by atoms with van der Waals surface area (Å²) in [5, 5.41) is 3.94. The fraction of sp³-hybridized carbons (Fsp3) is 0.200. The van der Waals surface area contributed by atoms with E-state index in [4.69, 9.17) is 5.73 Å². The van der Waals surface area contributed by atoms with Crippen LogP contribution in [-0.2, 0) is 6.54 Å². The zero-order valence-corrected chi connectivity index (χ0v) is 12.1. The Morgan fingerprint density at radius 1 is 1.40 bits per heavy atom. The van der Waals surface area contributed by atoms with Crippen LogP contribution >= 0.6 is 11.8 Å². The molecule has 0 radical (unpaired) electrons. The molecule has 0 fully saturated rings. The van der Waals surface area contributed by atoms with Gasteiger partial charge in [-0.2, -0.15) is 0 Å². The minimum absolute atomic E-state index is 0.610. The number of rotatable bonds is 2. The molecule has 20 heavy (non-hydrogen) atoms. The molecule has 0 bridgehead atoms. The highest BCUT2D eigenvalue weighted by Gasteiger charge is 2.16. The van der Waals surface area contributed by atoms with Crippen LogP contribution < -0.4 is 11.1 Å². The van der Waals surface area contributed by atoms with Crippen LogP contribution in [0.4, 0.5) is 11.5 Å². The number of anilines is 1. The second-order valence-corrected chi connectivity index (χ2v) is 5.76. The summed E-state index contributed by atoms with van der Waals surface area (Å²) in [6, 6.07) is 10.2. The number of pyridine rings is 1. The monoisotopic (exact) mass is 284 g/mol. The first kappa shape index (κ1) is 13.0. The van der Waals surface area contributed by atoms with Crippen LogP contribution in [0, 0.1) is 0 Å². The smallest absolute Gasteiger partial charge is 0.159 e. The highest BCUT2D eigenvalue weighted by atomic mass is 32.2. The fourth-order valence-corrected chi connectivity index (χ4v) is 2.77. The summed E-state index contributed by atoms with van der Waals surface area (Å²) >= 11 is 1.55. The average Bonchev–Trinajstić information content (AvgIpc) is 2.47. The molecule has 3 rings (SSSR count). The molecule has 102 valence electrons. The van der Waals surface area contributed by atoms with Gasteiger partial charge in [0.05, 0.1) is 5.69 Å². The van der Waals surface area contributed by atoms with E-state index in [0.717, 1.165) is 29.4 Å². The van der Waals surface area contributed by atoms with Gasteiger partial charge in [-0.15, -0.1) is 0 Å². The largest absolute Gasteiger partial charge is 0.378 e. The van der Waals surface area contributed by atoms with E-state index in [-0.39, 0.29) is 0 Å². The minimum Gasteiger partial charge on any atom is -0.378 e. The van der Waals surface area contributed by atoms with E-state index in [0.29, 0.717) is 5.17 Å². The molecule has 0 amide bonds. The van der Waals surface area contributed by atoms with Crippen molar-refractivity contribution >= 4 is 28.4 Å². The van der Waals surface area contributed by atoms with Crippen molar-refractivity contribution in [2.45, 2.75) is 13.5 Å². The molecule has 0 atom stereocenters. The minimum atomic E-state index is 0.610. The second kappa shape index (κ2) is 5.54. The number of hydrogen-bond donors (Lipinski definition) is 2. The van der Waals surface area contributed by atoms with Crippen LogP contribution in [0.5, 0.6) is 0 Å². The van der Waals surface area contributed by atoms with Gasteiger partial charge in [-0.25, -0.2) is 9.98 Å². The number of hydrogen-bond acceptors (Lipinski definition) is 4. The zero-order chi connectivity index (χ0) is 13.9. The maximum atomic E-state index is 5.86. The number of fused-ring (bicyclic) bond motifs is 3. The lowest BCUT2D eigenvalue weighted by Gasteiger charge is -2.20. The van der Waals surface area contributed by atoms with Gasteiger partial charge in [0.1, 0.15) is 5.82 Å². The van der Waals surface area contributed by atoms with Crippen molar-refractivity contribution in [1.29, 1.82) is 0 Å². The Hall–Kier alpha value is -2.01. The first-order chi connectivity index (χ1) is 9.78. The quantitative estimate of drug-likeness (QED) is 0.655. The van der Waals surface area contributed by atoms with Crippen LogP contribution in [0.15, 0.2) is 41.5 Å². The number of benzene rings is 1. The SMILES string of the molecule is CCSC(N)=Nc1ccc2c(c1)CNc1ncccc1-2. The first-order valence-electron chi connectivity index (χ1n) is 6.57. The van der Waals surface area contributed by atoms with Crippen LogP contribution in [0.2, 0.25) is 0 Å².